The Bertz CT molecular complexity index is 1440. The third-order valence-corrected chi connectivity index (χ3v) is 16.0. The molecule has 3 saturated carbocycles. The molecule has 4 unspecified atom stereocenters. The summed E-state index contributed by atoms with van der Waals surface area (Å²) in [7, 11) is 0. The van der Waals surface area contributed by atoms with Gasteiger partial charge in [-0.3, -0.25) is 4.79 Å². The number of carbonyl (C=O) groups is 1. The zero-order chi connectivity index (χ0) is 41.4. The fraction of sp³-hybridized carbons (Fsp3) is 0.759. The van der Waals surface area contributed by atoms with E-state index in [-0.39, 0.29) is 29.3 Å². The van der Waals surface area contributed by atoms with E-state index in [0.29, 0.717) is 11.8 Å². The summed E-state index contributed by atoms with van der Waals surface area (Å²) in [5, 5.41) is 13.5. The van der Waals surface area contributed by atoms with Gasteiger partial charge >= 0.3 is 5.97 Å². The summed E-state index contributed by atoms with van der Waals surface area (Å²) in [6.07, 6.45) is 41.3. The van der Waals surface area contributed by atoms with E-state index < -0.39 is 0 Å². The topological polar surface area (TPSA) is 58.6 Å². The summed E-state index contributed by atoms with van der Waals surface area (Å²) >= 11 is 0. The largest absolute Gasteiger partial charge is 0.508 e. The lowest BCUT2D eigenvalue weighted by Crippen LogP contribution is -2.51. The number of nitrogens with one attached hydrogen (secondary N) is 1. The van der Waals surface area contributed by atoms with Crippen molar-refractivity contribution in [2.45, 2.75) is 208 Å². The zero-order valence-electron chi connectivity index (χ0n) is 38.3. The van der Waals surface area contributed by atoms with Crippen molar-refractivity contribution in [1.82, 2.24) is 5.32 Å². The van der Waals surface area contributed by atoms with E-state index in [1.54, 1.807) is 17.7 Å². The fourth-order valence-electron chi connectivity index (χ4n) is 12.5. The minimum atomic E-state index is -0.375. The Morgan fingerprint density at radius 3 is 2.26 bits per heavy atom. The van der Waals surface area contributed by atoms with E-state index in [1.807, 2.05) is 12.1 Å². The lowest BCUT2D eigenvalue weighted by atomic mass is 9.47. The molecule has 1 aromatic rings. The molecule has 3 fully saturated rings. The number of aromatic hydroxyl groups is 1. The Hall–Kier alpha value is -2.33. The smallest absolute Gasteiger partial charge is 0.323 e. The SMILES string of the molecule is CCCCCC=CCC=CCCCCCCCCN[C@@H](Cc1ccc(O)cc1)C(=O)OC1CC[C@@]2(C)C(=CCC3C2CC[C@@]2(C)C3CC[C@@H]2[C@H](C)CCCC(C)C)C1. The van der Waals surface area contributed by atoms with Crippen molar-refractivity contribution in [2.24, 2.45) is 46.3 Å². The second kappa shape index (κ2) is 23.6. The highest BCUT2D eigenvalue weighted by atomic mass is 16.5. The molecule has 0 amide bonds. The van der Waals surface area contributed by atoms with Gasteiger partial charge in [0, 0.05) is 6.42 Å². The van der Waals surface area contributed by atoms with Gasteiger partial charge in [0.15, 0.2) is 0 Å². The van der Waals surface area contributed by atoms with Gasteiger partial charge in [-0.25, -0.2) is 0 Å². The van der Waals surface area contributed by atoms with Crippen LogP contribution in [0.15, 0.2) is 60.2 Å². The summed E-state index contributed by atoms with van der Waals surface area (Å²) in [4.78, 5) is 13.9. The van der Waals surface area contributed by atoms with Crippen LogP contribution in [-0.4, -0.2) is 29.8 Å². The molecule has 9 atom stereocenters. The third kappa shape index (κ3) is 13.1. The van der Waals surface area contributed by atoms with Crippen LogP contribution in [-0.2, 0) is 16.0 Å². The molecular formula is C54H87NO3. The van der Waals surface area contributed by atoms with Crippen LogP contribution in [0.4, 0.5) is 0 Å². The van der Waals surface area contributed by atoms with E-state index in [4.69, 9.17) is 4.74 Å². The number of phenols is 1. The van der Waals surface area contributed by atoms with Crippen molar-refractivity contribution in [3.8, 4) is 5.75 Å². The molecule has 0 bridgehead atoms. The molecule has 326 valence electrons. The van der Waals surface area contributed by atoms with Crippen molar-refractivity contribution in [1.29, 1.82) is 0 Å². The second-order valence-corrected chi connectivity index (χ2v) is 20.6. The molecule has 4 nitrogen and oxygen atoms in total. The Labute approximate surface area is 356 Å². The van der Waals surface area contributed by atoms with Gasteiger partial charge in [0.2, 0.25) is 0 Å². The zero-order valence-corrected chi connectivity index (χ0v) is 38.3. The minimum Gasteiger partial charge on any atom is -0.508 e. The highest BCUT2D eigenvalue weighted by molar-refractivity contribution is 5.76. The molecule has 4 aliphatic carbocycles. The van der Waals surface area contributed by atoms with Crippen LogP contribution in [0.5, 0.6) is 5.75 Å². The summed E-state index contributed by atoms with van der Waals surface area (Å²) in [6, 6.07) is 6.93. The number of phenolic OH excluding ortho intramolecular Hbond substituents is 1. The molecule has 0 radical (unpaired) electrons. The van der Waals surface area contributed by atoms with Crippen LogP contribution < -0.4 is 5.32 Å². The maximum atomic E-state index is 13.9. The predicted octanol–water partition coefficient (Wildman–Crippen LogP) is 14.7. The van der Waals surface area contributed by atoms with Crippen LogP contribution in [0, 0.1) is 46.3 Å². The Morgan fingerprint density at radius 1 is 0.828 bits per heavy atom. The number of ether oxygens (including phenoxy) is 1. The number of fused-ring (bicyclic) bond motifs is 5. The number of hydrogen-bond acceptors (Lipinski definition) is 4. The number of allylic oxidation sites excluding steroid dienone is 5. The van der Waals surface area contributed by atoms with Gasteiger partial charge in [-0.05, 0) is 160 Å². The summed E-state index contributed by atoms with van der Waals surface area (Å²) in [5.74, 6) is 5.16. The Balaban J connectivity index is 1.06. The van der Waals surface area contributed by atoms with E-state index in [0.717, 1.165) is 79.7 Å². The highest BCUT2D eigenvalue weighted by Crippen LogP contribution is 2.67. The van der Waals surface area contributed by atoms with Gasteiger partial charge < -0.3 is 15.2 Å². The first-order valence-corrected chi connectivity index (χ1v) is 24.8. The van der Waals surface area contributed by atoms with Gasteiger partial charge in [-0.15, -0.1) is 0 Å². The standard InChI is InChI=1S/C54H87NO3/c1-7-8-9-10-11-12-13-14-15-16-17-18-19-20-21-22-38-55-51(39-43-26-29-45(56)30-27-43)52(57)58-46-34-36-53(5)44(40-46)28-31-47-49-33-32-48(42(4)25-23-24-41(2)3)54(49,6)37-35-50(47)53/h11-12,14-15,26-30,41-42,46-51,55-56H,7-10,13,16-25,31-40H2,1-6H3/t42-,46?,47?,48-,49?,50?,51+,53+,54-/m1/s1. The van der Waals surface area contributed by atoms with Crippen LogP contribution >= 0.6 is 0 Å². The number of rotatable bonds is 25. The molecule has 4 aliphatic rings. The molecule has 0 aromatic heterocycles. The van der Waals surface area contributed by atoms with E-state index in [9.17, 15) is 9.90 Å². The van der Waals surface area contributed by atoms with Crippen molar-refractivity contribution in [2.75, 3.05) is 6.54 Å². The van der Waals surface area contributed by atoms with E-state index in [1.165, 1.54) is 116 Å². The van der Waals surface area contributed by atoms with Gasteiger partial charge in [-0.2, -0.15) is 0 Å². The van der Waals surface area contributed by atoms with Crippen molar-refractivity contribution < 1.29 is 14.6 Å². The first-order valence-electron chi connectivity index (χ1n) is 24.8. The first kappa shape index (κ1) is 46.7. The molecular weight excluding hydrogens is 711 g/mol. The molecule has 5 rings (SSSR count). The van der Waals surface area contributed by atoms with Crippen LogP contribution in [0.2, 0.25) is 0 Å². The van der Waals surface area contributed by atoms with Crippen LogP contribution in [0.1, 0.15) is 195 Å². The van der Waals surface area contributed by atoms with Gasteiger partial charge in [-0.1, -0.05) is 147 Å². The summed E-state index contributed by atoms with van der Waals surface area (Å²) < 4.78 is 6.43. The molecule has 1 aromatic carbocycles. The van der Waals surface area contributed by atoms with Gasteiger partial charge in [0.05, 0.1) is 0 Å². The fourth-order valence-corrected chi connectivity index (χ4v) is 12.5. The normalized spacial score (nSPS) is 29.3. The summed E-state index contributed by atoms with van der Waals surface area (Å²) in [6.45, 7) is 15.7. The third-order valence-electron chi connectivity index (χ3n) is 16.0. The Kier molecular flexibility index (Phi) is 19.0. The molecule has 0 saturated heterocycles. The molecule has 0 heterocycles. The average Bonchev–Trinajstić information content (AvgIpc) is 3.56. The lowest BCUT2D eigenvalue weighted by molar-refractivity contribution is -0.154. The molecule has 0 aliphatic heterocycles. The van der Waals surface area contributed by atoms with E-state index in [2.05, 4.69) is 77.2 Å². The summed E-state index contributed by atoms with van der Waals surface area (Å²) in [5.41, 5.74) is 3.39. The maximum absolute atomic E-state index is 13.9. The second-order valence-electron chi connectivity index (χ2n) is 20.6. The Morgan fingerprint density at radius 2 is 1.53 bits per heavy atom. The molecule has 4 heteroatoms. The van der Waals surface area contributed by atoms with Crippen LogP contribution in [0.3, 0.4) is 0 Å². The van der Waals surface area contributed by atoms with Crippen molar-refractivity contribution in [3.05, 3.63) is 65.8 Å². The number of benzene rings is 1. The van der Waals surface area contributed by atoms with Crippen molar-refractivity contribution >= 4 is 5.97 Å². The highest BCUT2D eigenvalue weighted by Gasteiger charge is 2.59. The quantitative estimate of drug-likeness (QED) is 0.0588. The van der Waals surface area contributed by atoms with Gasteiger partial charge in [0.25, 0.3) is 0 Å². The molecule has 2 N–H and O–H groups in total. The number of unbranched alkanes of at least 4 members (excludes halogenated alkanes) is 9. The van der Waals surface area contributed by atoms with Gasteiger partial charge in [0.1, 0.15) is 17.9 Å². The molecule has 0 spiro atoms. The first-order chi connectivity index (χ1) is 28.0. The number of esters is 1. The maximum Gasteiger partial charge on any atom is 0.323 e. The molecule has 58 heavy (non-hydrogen) atoms. The average molecular weight is 798 g/mol. The predicted molar refractivity (Wildman–Crippen MR) is 246 cm³/mol. The lowest BCUT2D eigenvalue weighted by Gasteiger charge is -2.58. The van der Waals surface area contributed by atoms with E-state index >= 15 is 0 Å². The minimum absolute atomic E-state index is 0.0363. The monoisotopic (exact) mass is 798 g/mol. The number of hydrogen-bond donors (Lipinski definition) is 2. The van der Waals surface area contributed by atoms with Crippen molar-refractivity contribution in [3.63, 3.8) is 0 Å². The number of carbonyl (C=O) groups excluding carboxylic acids is 1. The van der Waals surface area contributed by atoms with Crippen LogP contribution in [0.25, 0.3) is 0 Å².